The van der Waals surface area contributed by atoms with Crippen LogP contribution < -0.4 is 5.32 Å². The van der Waals surface area contributed by atoms with Crippen LogP contribution in [0.15, 0.2) is 40.8 Å². The summed E-state index contributed by atoms with van der Waals surface area (Å²) in [6.45, 7) is 1.82. The van der Waals surface area contributed by atoms with Crippen molar-refractivity contribution < 1.29 is 14.0 Å². The van der Waals surface area contributed by atoms with Gasteiger partial charge in [-0.1, -0.05) is 24.3 Å². The summed E-state index contributed by atoms with van der Waals surface area (Å²) in [5.41, 5.74) is 2.09. The van der Waals surface area contributed by atoms with Gasteiger partial charge in [-0.3, -0.25) is 9.59 Å². The molecule has 0 aliphatic carbocycles. The van der Waals surface area contributed by atoms with Gasteiger partial charge in [0.2, 0.25) is 5.91 Å². The molecule has 2 amide bonds. The molecular weight excluding hydrogens is 336 g/mol. The van der Waals surface area contributed by atoms with Crippen molar-refractivity contribution in [1.82, 2.24) is 10.2 Å². The lowest BCUT2D eigenvalue weighted by Gasteiger charge is -2.18. The number of rotatable bonds is 7. The SMILES string of the molecule is CSCc1ccc(C(=O)NCc2ccccc2CN2CCCC2=O)o1. The van der Waals surface area contributed by atoms with Crippen LogP contribution in [-0.2, 0) is 23.6 Å². The Labute approximate surface area is 151 Å². The van der Waals surface area contributed by atoms with E-state index in [-0.39, 0.29) is 11.8 Å². The molecule has 3 rings (SSSR count). The minimum absolute atomic E-state index is 0.204. The Morgan fingerprint density at radius 3 is 2.76 bits per heavy atom. The van der Waals surface area contributed by atoms with Crippen LogP contribution in [0.4, 0.5) is 0 Å². The van der Waals surface area contributed by atoms with Crippen LogP contribution in [0.25, 0.3) is 0 Å². The molecule has 0 atom stereocenters. The van der Waals surface area contributed by atoms with Gasteiger partial charge in [0.05, 0.1) is 5.75 Å². The standard InChI is InChI=1S/C19H22N2O3S/c1-25-13-16-8-9-17(24-16)19(23)20-11-14-5-2-3-6-15(14)12-21-10-4-7-18(21)22/h2-3,5-6,8-9H,4,7,10-13H2,1H3,(H,20,23). The van der Waals surface area contributed by atoms with E-state index in [0.717, 1.165) is 35.6 Å². The Morgan fingerprint density at radius 1 is 1.24 bits per heavy atom. The summed E-state index contributed by atoms with van der Waals surface area (Å²) in [6, 6.07) is 11.4. The van der Waals surface area contributed by atoms with E-state index < -0.39 is 0 Å². The second kappa shape index (κ2) is 8.25. The van der Waals surface area contributed by atoms with Crippen LogP contribution in [-0.4, -0.2) is 29.5 Å². The average molecular weight is 358 g/mol. The third kappa shape index (κ3) is 4.45. The number of carbonyl (C=O) groups is 2. The zero-order valence-electron chi connectivity index (χ0n) is 14.3. The van der Waals surface area contributed by atoms with Gasteiger partial charge in [-0.05, 0) is 35.9 Å². The molecule has 6 heteroatoms. The maximum Gasteiger partial charge on any atom is 0.287 e. The maximum absolute atomic E-state index is 12.3. The first-order valence-corrected chi connectivity index (χ1v) is 9.77. The summed E-state index contributed by atoms with van der Waals surface area (Å²) < 4.78 is 5.54. The Balaban J connectivity index is 1.62. The fourth-order valence-corrected chi connectivity index (χ4v) is 3.38. The first kappa shape index (κ1) is 17.6. The van der Waals surface area contributed by atoms with Crippen molar-refractivity contribution in [3.8, 4) is 0 Å². The maximum atomic E-state index is 12.3. The molecule has 1 aliphatic heterocycles. The first-order valence-electron chi connectivity index (χ1n) is 8.38. The van der Waals surface area contributed by atoms with E-state index in [4.69, 9.17) is 4.42 Å². The molecule has 2 aromatic rings. The summed E-state index contributed by atoms with van der Waals surface area (Å²) in [6.07, 6.45) is 3.55. The molecule has 25 heavy (non-hydrogen) atoms. The first-order chi connectivity index (χ1) is 12.2. The van der Waals surface area contributed by atoms with E-state index in [9.17, 15) is 9.59 Å². The molecule has 1 saturated heterocycles. The van der Waals surface area contributed by atoms with Gasteiger partial charge in [0, 0.05) is 26.1 Å². The van der Waals surface area contributed by atoms with Crippen molar-refractivity contribution in [3.63, 3.8) is 0 Å². The molecule has 1 fully saturated rings. The number of amides is 2. The summed E-state index contributed by atoms with van der Waals surface area (Å²) in [5, 5.41) is 2.90. The highest BCUT2D eigenvalue weighted by atomic mass is 32.2. The van der Waals surface area contributed by atoms with Crippen LogP contribution in [0.3, 0.4) is 0 Å². The van der Waals surface area contributed by atoms with Gasteiger partial charge in [-0.2, -0.15) is 11.8 Å². The Hall–Kier alpha value is -2.21. The third-order valence-corrected chi connectivity index (χ3v) is 4.84. The summed E-state index contributed by atoms with van der Waals surface area (Å²) in [5.74, 6) is 1.86. The number of hydrogen-bond donors (Lipinski definition) is 1. The highest BCUT2D eigenvalue weighted by Crippen LogP contribution is 2.18. The van der Waals surface area contributed by atoms with Crippen molar-refractivity contribution in [3.05, 3.63) is 59.0 Å². The second-order valence-corrected chi connectivity index (χ2v) is 6.94. The minimum atomic E-state index is -0.223. The molecule has 1 aromatic heterocycles. The van der Waals surface area contributed by atoms with E-state index in [2.05, 4.69) is 5.32 Å². The highest BCUT2D eigenvalue weighted by molar-refractivity contribution is 7.97. The van der Waals surface area contributed by atoms with Crippen molar-refractivity contribution in [1.29, 1.82) is 0 Å². The van der Waals surface area contributed by atoms with Gasteiger partial charge in [0.25, 0.3) is 5.91 Å². The Bertz CT molecular complexity index is 757. The predicted molar refractivity (Wildman–Crippen MR) is 98.2 cm³/mol. The van der Waals surface area contributed by atoms with Gasteiger partial charge in [0.15, 0.2) is 5.76 Å². The molecule has 1 N–H and O–H groups in total. The van der Waals surface area contributed by atoms with Crippen LogP contribution in [0.5, 0.6) is 0 Å². The minimum Gasteiger partial charge on any atom is -0.455 e. The van der Waals surface area contributed by atoms with E-state index in [0.29, 0.717) is 25.3 Å². The van der Waals surface area contributed by atoms with Crippen molar-refractivity contribution >= 4 is 23.6 Å². The molecule has 0 saturated carbocycles. The second-order valence-electron chi connectivity index (χ2n) is 6.07. The number of nitrogens with zero attached hydrogens (tertiary/aromatic N) is 1. The van der Waals surface area contributed by atoms with Gasteiger partial charge in [-0.15, -0.1) is 0 Å². The number of hydrogen-bond acceptors (Lipinski definition) is 4. The summed E-state index contributed by atoms with van der Waals surface area (Å²) in [4.78, 5) is 26.0. The van der Waals surface area contributed by atoms with Crippen LogP contribution in [0.1, 0.15) is 40.3 Å². The van der Waals surface area contributed by atoms with E-state index >= 15 is 0 Å². The van der Waals surface area contributed by atoms with Crippen LogP contribution in [0, 0.1) is 0 Å². The molecule has 132 valence electrons. The van der Waals surface area contributed by atoms with Gasteiger partial charge >= 0.3 is 0 Å². The van der Waals surface area contributed by atoms with Gasteiger partial charge in [-0.25, -0.2) is 0 Å². The van der Waals surface area contributed by atoms with Crippen LogP contribution in [0.2, 0.25) is 0 Å². The summed E-state index contributed by atoms with van der Waals surface area (Å²) in [7, 11) is 0. The largest absolute Gasteiger partial charge is 0.455 e. The molecule has 1 aromatic carbocycles. The fraction of sp³-hybridized carbons (Fsp3) is 0.368. The number of thioether (sulfide) groups is 1. The number of carbonyl (C=O) groups excluding carboxylic acids is 2. The van der Waals surface area contributed by atoms with Crippen molar-refractivity contribution in [2.75, 3.05) is 12.8 Å². The van der Waals surface area contributed by atoms with Crippen LogP contribution >= 0.6 is 11.8 Å². The molecule has 0 bridgehead atoms. The normalized spacial score (nSPS) is 14.1. The molecule has 0 unspecified atom stereocenters. The zero-order chi connectivity index (χ0) is 17.6. The highest BCUT2D eigenvalue weighted by Gasteiger charge is 2.21. The number of nitrogens with one attached hydrogen (secondary N) is 1. The van der Waals surface area contributed by atoms with Crippen molar-refractivity contribution in [2.45, 2.75) is 31.7 Å². The van der Waals surface area contributed by atoms with E-state index in [1.165, 1.54) is 0 Å². The molecule has 5 nitrogen and oxygen atoms in total. The van der Waals surface area contributed by atoms with E-state index in [1.807, 2.05) is 41.5 Å². The topological polar surface area (TPSA) is 62.6 Å². The van der Waals surface area contributed by atoms with Gasteiger partial charge < -0.3 is 14.6 Å². The predicted octanol–water partition coefficient (Wildman–Crippen LogP) is 3.20. The fourth-order valence-electron chi connectivity index (χ4n) is 2.94. The summed E-state index contributed by atoms with van der Waals surface area (Å²) >= 11 is 1.65. The zero-order valence-corrected chi connectivity index (χ0v) is 15.1. The number of furan rings is 1. The van der Waals surface area contributed by atoms with E-state index in [1.54, 1.807) is 17.8 Å². The molecular formula is C19H22N2O3S. The monoisotopic (exact) mass is 358 g/mol. The lowest BCUT2D eigenvalue weighted by atomic mass is 10.1. The Morgan fingerprint density at radius 2 is 2.04 bits per heavy atom. The third-order valence-electron chi connectivity index (χ3n) is 4.26. The molecule has 1 aliphatic rings. The molecule has 2 heterocycles. The molecule has 0 radical (unpaired) electrons. The van der Waals surface area contributed by atoms with Gasteiger partial charge in [0.1, 0.15) is 5.76 Å². The number of benzene rings is 1. The lowest BCUT2D eigenvalue weighted by molar-refractivity contribution is -0.128. The Kier molecular flexibility index (Phi) is 5.81. The average Bonchev–Trinajstić information content (AvgIpc) is 3.24. The van der Waals surface area contributed by atoms with Crippen molar-refractivity contribution in [2.24, 2.45) is 0 Å². The number of likely N-dealkylation sites (tertiary alicyclic amines) is 1. The quantitative estimate of drug-likeness (QED) is 0.826. The smallest absolute Gasteiger partial charge is 0.287 e. The molecule has 0 spiro atoms. The lowest BCUT2D eigenvalue weighted by Crippen LogP contribution is -2.26.